The van der Waals surface area contributed by atoms with E-state index in [-0.39, 0.29) is 23.7 Å². The highest BCUT2D eigenvalue weighted by molar-refractivity contribution is 5.71. The van der Waals surface area contributed by atoms with Crippen molar-refractivity contribution in [2.75, 3.05) is 13.7 Å². The van der Waals surface area contributed by atoms with E-state index in [9.17, 15) is 4.79 Å². The molecule has 1 aromatic carbocycles. The van der Waals surface area contributed by atoms with Crippen molar-refractivity contribution in [3.8, 4) is 17.6 Å². The summed E-state index contributed by atoms with van der Waals surface area (Å²) in [6, 6.07) is 7.79. The molecule has 0 spiro atoms. The average molecular weight is 302 g/mol. The van der Waals surface area contributed by atoms with Crippen LogP contribution in [0.3, 0.4) is 0 Å². The van der Waals surface area contributed by atoms with E-state index >= 15 is 0 Å². The molecule has 0 fully saturated rings. The first-order valence-corrected chi connectivity index (χ1v) is 7.57. The Morgan fingerprint density at radius 2 is 1.86 bits per heavy atom. The number of esters is 1. The van der Waals surface area contributed by atoms with Crippen molar-refractivity contribution < 1.29 is 14.3 Å². The lowest BCUT2D eigenvalue weighted by molar-refractivity contribution is -0.140. The molecule has 0 bridgehead atoms. The average Bonchev–Trinajstić information content (AvgIpc) is 2.46. The molecule has 0 aromatic heterocycles. The maximum Gasteiger partial charge on any atom is 0.307 e. The lowest BCUT2D eigenvalue weighted by Crippen LogP contribution is -2.11. The Kier molecular flexibility index (Phi) is 6.98. The Morgan fingerprint density at radius 1 is 1.23 bits per heavy atom. The number of hydrogen-bond acceptors (Lipinski definition) is 3. The Hall–Kier alpha value is -1.95. The summed E-state index contributed by atoms with van der Waals surface area (Å²) < 4.78 is 10.5. The van der Waals surface area contributed by atoms with Gasteiger partial charge in [-0.1, -0.05) is 38.8 Å². The molecule has 0 aliphatic carbocycles. The van der Waals surface area contributed by atoms with Gasteiger partial charge in [-0.2, -0.15) is 0 Å². The number of hydrogen-bond donors (Lipinski definition) is 0. The second-order valence-electron chi connectivity index (χ2n) is 6.46. The molecule has 0 aliphatic rings. The summed E-state index contributed by atoms with van der Waals surface area (Å²) in [5.41, 5.74) is 1.27. The van der Waals surface area contributed by atoms with E-state index < -0.39 is 0 Å². The molecule has 0 amide bonds. The van der Waals surface area contributed by atoms with Gasteiger partial charge in [0.25, 0.3) is 0 Å². The molecule has 0 N–H and O–H groups in total. The monoisotopic (exact) mass is 302 g/mol. The van der Waals surface area contributed by atoms with E-state index in [1.165, 1.54) is 7.11 Å². The van der Waals surface area contributed by atoms with Crippen molar-refractivity contribution in [2.24, 2.45) is 5.41 Å². The SMILES string of the molecule is CC#C[C@@H](CC(=O)OC)c1ccc(OCCC(C)(C)C)cc1. The van der Waals surface area contributed by atoms with Crippen LogP contribution in [0.4, 0.5) is 0 Å². The minimum atomic E-state index is -0.252. The first-order chi connectivity index (χ1) is 10.4. The highest BCUT2D eigenvalue weighted by Crippen LogP contribution is 2.24. The molecule has 1 aromatic rings. The molecule has 1 atom stereocenters. The molecule has 3 nitrogen and oxygen atoms in total. The fourth-order valence-corrected chi connectivity index (χ4v) is 1.95. The molecular formula is C19H26O3. The predicted octanol–water partition coefficient (Wildman–Crippen LogP) is 4.17. The van der Waals surface area contributed by atoms with Crippen molar-refractivity contribution in [1.29, 1.82) is 0 Å². The summed E-state index contributed by atoms with van der Waals surface area (Å²) in [5, 5.41) is 0. The predicted molar refractivity (Wildman–Crippen MR) is 88.8 cm³/mol. The Bertz CT molecular complexity index is 527. The molecule has 120 valence electrons. The topological polar surface area (TPSA) is 35.5 Å². The number of benzene rings is 1. The number of carbonyl (C=O) groups excluding carboxylic acids is 1. The highest BCUT2D eigenvalue weighted by atomic mass is 16.5. The fraction of sp³-hybridized carbons (Fsp3) is 0.526. The molecular weight excluding hydrogens is 276 g/mol. The van der Waals surface area contributed by atoms with Crippen LogP contribution in [0, 0.1) is 17.3 Å². The van der Waals surface area contributed by atoms with E-state index in [0.29, 0.717) is 6.61 Å². The Morgan fingerprint density at radius 3 is 2.36 bits per heavy atom. The first-order valence-electron chi connectivity index (χ1n) is 7.57. The maximum absolute atomic E-state index is 11.5. The standard InChI is InChI=1S/C19H26O3/c1-6-7-16(14-18(20)21-5)15-8-10-17(11-9-15)22-13-12-19(2,3)4/h8-11,16H,12-14H2,1-5H3/t16-/m0/s1. The second-order valence-corrected chi connectivity index (χ2v) is 6.46. The van der Waals surface area contributed by atoms with Gasteiger partial charge in [0.2, 0.25) is 0 Å². The van der Waals surface area contributed by atoms with Crippen molar-refractivity contribution in [3.63, 3.8) is 0 Å². The van der Waals surface area contributed by atoms with Gasteiger partial charge in [0.15, 0.2) is 0 Å². The van der Waals surface area contributed by atoms with Crippen LogP contribution < -0.4 is 4.74 Å². The molecule has 0 radical (unpaired) electrons. The lowest BCUT2D eigenvalue weighted by atomic mass is 9.93. The smallest absolute Gasteiger partial charge is 0.307 e. The minimum Gasteiger partial charge on any atom is -0.494 e. The second kappa shape index (κ2) is 8.48. The summed E-state index contributed by atoms with van der Waals surface area (Å²) in [6.07, 6.45) is 1.27. The van der Waals surface area contributed by atoms with Crippen LogP contribution in [0.2, 0.25) is 0 Å². The zero-order chi connectivity index (χ0) is 16.6. The van der Waals surface area contributed by atoms with Crippen LogP contribution in [0.15, 0.2) is 24.3 Å². The first kappa shape index (κ1) is 18.1. The van der Waals surface area contributed by atoms with E-state index in [1.54, 1.807) is 6.92 Å². The molecule has 0 saturated carbocycles. The Balaban J connectivity index is 2.68. The third-order valence-corrected chi connectivity index (χ3v) is 3.32. The summed E-state index contributed by atoms with van der Waals surface area (Å²) in [6.45, 7) is 9.05. The number of rotatable bonds is 6. The van der Waals surface area contributed by atoms with Crippen molar-refractivity contribution in [2.45, 2.75) is 46.5 Å². The van der Waals surface area contributed by atoms with Crippen LogP contribution in [0.1, 0.15) is 52.0 Å². The van der Waals surface area contributed by atoms with Crippen molar-refractivity contribution >= 4 is 5.97 Å². The van der Waals surface area contributed by atoms with Gasteiger partial charge in [0.1, 0.15) is 5.75 Å². The van der Waals surface area contributed by atoms with E-state index in [4.69, 9.17) is 9.47 Å². The number of methoxy groups -OCH3 is 1. The molecule has 1 rings (SSSR count). The lowest BCUT2D eigenvalue weighted by Gasteiger charge is -2.18. The summed E-state index contributed by atoms with van der Waals surface area (Å²) in [7, 11) is 1.39. The number of ether oxygens (including phenoxy) is 2. The van der Waals surface area contributed by atoms with E-state index in [2.05, 4.69) is 32.6 Å². The minimum absolute atomic E-state index is 0.138. The summed E-state index contributed by atoms with van der Waals surface area (Å²) >= 11 is 0. The van der Waals surface area contributed by atoms with Gasteiger partial charge >= 0.3 is 5.97 Å². The maximum atomic E-state index is 11.5. The van der Waals surface area contributed by atoms with E-state index in [1.807, 2.05) is 24.3 Å². The fourth-order valence-electron chi connectivity index (χ4n) is 1.95. The number of carbonyl (C=O) groups is 1. The largest absolute Gasteiger partial charge is 0.494 e. The molecule has 0 aliphatic heterocycles. The van der Waals surface area contributed by atoms with Crippen LogP contribution in [-0.4, -0.2) is 19.7 Å². The van der Waals surface area contributed by atoms with Crippen LogP contribution >= 0.6 is 0 Å². The molecule has 0 saturated heterocycles. The van der Waals surface area contributed by atoms with Gasteiger partial charge in [-0.15, -0.1) is 5.92 Å². The van der Waals surface area contributed by atoms with Gasteiger partial charge in [-0.25, -0.2) is 0 Å². The molecule has 0 unspecified atom stereocenters. The third-order valence-electron chi connectivity index (χ3n) is 3.32. The van der Waals surface area contributed by atoms with Crippen LogP contribution in [-0.2, 0) is 9.53 Å². The normalized spacial score (nSPS) is 12.0. The van der Waals surface area contributed by atoms with Gasteiger partial charge < -0.3 is 9.47 Å². The zero-order valence-electron chi connectivity index (χ0n) is 14.2. The van der Waals surface area contributed by atoms with Gasteiger partial charge in [0.05, 0.1) is 26.1 Å². The molecule has 0 heterocycles. The third kappa shape index (κ3) is 6.67. The van der Waals surface area contributed by atoms with Crippen molar-refractivity contribution in [3.05, 3.63) is 29.8 Å². The summed E-state index contributed by atoms with van der Waals surface area (Å²) in [4.78, 5) is 11.5. The van der Waals surface area contributed by atoms with Gasteiger partial charge in [-0.05, 0) is 36.5 Å². The highest BCUT2D eigenvalue weighted by Gasteiger charge is 2.14. The van der Waals surface area contributed by atoms with Gasteiger partial charge in [-0.3, -0.25) is 4.79 Å². The van der Waals surface area contributed by atoms with Crippen LogP contribution in [0.5, 0.6) is 5.75 Å². The van der Waals surface area contributed by atoms with Crippen LogP contribution in [0.25, 0.3) is 0 Å². The zero-order valence-corrected chi connectivity index (χ0v) is 14.2. The quantitative estimate of drug-likeness (QED) is 0.584. The van der Waals surface area contributed by atoms with E-state index in [0.717, 1.165) is 17.7 Å². The summed E-state index contributed by atoms with van der Waals surface area (Å²) in [5.74, 6) is 6.38. The molecule has 3 heteroatoms. The molecule has 22 heavy (non-hydrogen) atoms. The van der Waals surface area contributed by atoms with Crippen molar-refractivity contribution in [1.82, 2.24) is 0 Å². The van der Waals surface area contributed by atoms with Gasteiger partial charge in [0, 0.05) is 0 Å². The Labute approximate surface area is 134 Å².